The summed E-state index contributed by atoms with van der Waals surface area (Å²) in [6, 6.07) is 1.47. The maximum Gasteiger partial charge on any atom is 0.0173 e. The number of rotatable bonds is 2. The van der Waals surface area contributed by atoms with Gasteiger partial charge in [0, 0.05) is 12.1 Å². The molecular weight excluding hydrogens is 158 g/mol. The van der Waals surface area contributed by atoms with E-state index in [0.717, 1.165) is 12.0 Å². The fourth-order valence-corrected chi connectivity index (χ4v) is 3.02. The van der Waals surface area contributed by atoms with E-state index in [1.165, 1.54) is 13.0 Å². The molecule has 1 rings (SSSR count). The van der Waals surface area contributed by atoms with E-state index in [4.69, 9.17) is 0 Å². The molecule has 0 spiro atoms. The number of hydrogen-bond donors (Lipinski definition) is 0. The molecule has 13 heavy (non-hydrogen) atoms. The van der Waals surface area contributed by atoms with Crippen molar-refractivity contribution in [3.63, 3.8) is 0 Å². The molecule has 0 aliphatic carbocycles. The van der Waals surface area contributed by atoms with Crippen molar-refractivity contribution in [3.05, 3.63) is 0 Å². The van der Waals surface area contributed by atoms with E-state index < -0.39 is 0 Å². The van der Waals surface area contributed by atoms with Gasteiger partial charge in [-0.2, -0.15) is 0 Å². The zero-order valence-corrected chi connectivity index (χ0v) is 10.1. The molecule has 0 aromatic heterocycles. The van der Waals surface area contributed by atoms with Gasteiger partial charge in [-0.05, 0) is 38.1 Å². The Labute approximate surface area is 83.5 Å². The van der Waals surface area contributed by atoms with Crippen LogP contribution in [0.3, 0.4) is 0 Å². The molecule has 0 amide bonds. The highest BCUT2D eigenvalue weighted by Gasteiger charge is 2.42. The van der Waals surface area contributed by atoms with E-state index in [2.05, 4.69) is 46.4 Å². The molecule has 0 aromatic carbocycles. The van der Waals surface area contributed by atoms with Gasteiger partial charge in [-0.3, -0.25) is 4.90 Å². The Kier molecular flexibility index (Phi) is 3.06. The minimum absolute atomic E-state index is 0.512. The molecule has 0 N–H and O–H groups in total. The van der Waals surface area contributed by atoms with E-state index in [1.54, 1.807) is 0 Å². The molecule has 0 saturated carbocycles. The number of hydrogen-bond acceptors (Lipinski definition) is 1. The van der Waals surface area contributed by atoms with Crippen LogP contribution in [0.25, 0.3) is 0 Å². The van der Waals surface area contributed by atoms with Gasteiger partial charge in [0.25, 0.3) is 0 Å². The molecule has 1 fully saturated rings. The molecule has 1 aliphatic heterocycles. The van der Waals surface area contributed by atoms with E-state index in [9.17, 15) is 0 Å². The fourth-order valence-electron chi connectivity index (χ4n) is 3.02. The summed E-state index contributed by atoms with van der Waals surface area (Å²) >= 11 is 0. The first-order valence-electron chi connectivity index (χ1n) is 5.62. The van der Waals surface area contributed by atoms with Crippen LogP contribution in [0.15, 0.2) is 0 Å². The Balaban J connectivity index is 2.80. The van der Waals surface area contributed by atoms with Crippen LogP contribution in [-0.4, -0.2) is 23.5 Å². The molecule has 1 heterocycles. The first-order valence-corrected chi connectivity index (χ1v) is 5.62. The first kappa shape index (κ1) is 11.0. The lowest BCUT2D eigenvalue weighted by atomic mass is 9.79. The van der Waals surface area contributed by atoms with Crippen LogP contribution in [-0.2, 0) is 0 Å². The summed E-state index contributed by atoms with van der Waals surface area (Å²) in [5.41, 5.74) is 0.512. The molecule has 1 unspecified atom stereocenters. The third-order valence-electron chi connectivity index (χ3n) is 3.47. The second-order valence-electron chi connectivity index (χ2n) is 5.76. The van der Waals surface area contributed by atoms with Crippen LogP contribution >= 0.6 is 0 Å². The van der Waals surface area contributed by atoms with Gasteiger partial charge >= 0.3 is 0 Å². The molecule has 0 radical (unpaired) electrons. The zero-order valence-electron chi connectivity index (χ0n) is 10.1. The van der Waals surface area contributed by atoms with Crippen LogP contribution < -0.4 is 0 Å². The Hall–Kier alpha value is -0.0400. The molecule has 1 atom stereocenters. The summed E-state index contributed by atoms with van der Waals surface area (Å²) < 4.78 is 0. The molecule has 1 nitrogen and oxygen atoms in total. The molecular formula is C12H25N. The number of likely N-dealkylation sites (tertiary alicyclic amines) is 1. The topological polar surface area (TPSA) is 3.24 Å². The van der Waals surface area contributed by atoms with Crippen molar-refractivity contribution in [3.8, 4) is 0 Å². The van der Waals surface area contributed by atoms with Gasteiger partial charge in [0.2, 0.25) is 0 Å². The Morgan fingerprint density at radius 3 is 2.00 bits per heavy atom. The highest BCUT2D eigenvalue weighted by molar-refractivity contribution is 4.96. The third kappa shape index (κ3) is 2.07. The van der Waals surface area contributed by atoms with Crippen LogP contribution in [0.4, 0.5) is 0 Å². The Bertz CT molecular complexity index is 170. The minimum Gasteiger partial charge on any atom is -0.297 e. The van der Waals surface area contributed by atoms with Crippen LogP contribution in [0.5, 0.6) is 0 Å². The second-order valence-corrected chi connectivity index (χ2v) is 5.76. The monoisotopic (exact) mass is 183 g/mol. The molecule has 78 valence electrons. The Morgan fingerprint density at radius 1 is 1.15 bits per heavy atom. The smallest absolute Gasteiger partial charge is 0.0173 e. The summed E-state index contributed by atoms with van der Waals surface area (Å²) in [6.07, 6.45) is 1.36. The fraction of sp³-hybridized carbons (Fsp3) is 1.00. The van der Waals surface area contributed by atoms with Gasteiger partial charge in [-0.15, -0.1) is 0 Å². The van der Waals surface area contributed by atoms with Gasteiger partial charge < -0.3 is 0 Å². The van der Waals surface area contributed by atoms with Crippen molar-refractivity contribution in [2.24, 2.45) is 11.3 Å². The first-order chi connectivity index (χ1) is 5.86. The SMILES string of the molecule is CC(C)C1N(C(C)C)CCC1(C)C. The summed E-state index contributed by atoms with van der Waals surface area (Å²) in [5, 5.41) is 0. The quantitative estimate of drug-likeness (QED) is 0.635. The summed E-state index contributed by atoms with van der Waals surface area (Å²) in [6.45, 7) is 15.5. The lowest BCUT2D eigenvalue weighted by molar-refractivity contribution is 0.107. The number of nitrogens with zero attached hydrogens (tertiary/aromatic N) is 1. The highest BCUT2D eigenvalue weighted by Crippen LogP contribution is 2.40. The average Bonchev–Trinajstić information content (AvgIpc) is 2.24. The van der Waals surface area contributed by atoms with E-state index in [1.807, 2.05) is 0 Å². The predicted molar refractivity (Wildman–Crippen MR) is 58.9 cm³/mol. The van der Waals surface area contributed by atoms with Crippen molar-refractivity contribution in [1.29, 1.82) is 0 Å². The van der Waals surface area contributed by atoms with E-state index >= 15 is 0 Å². The van der Waals surface area contributed by atoms with Crippen LogP contribution in [0.2, 0.25) is 0 Å². The van der Waals surface area contributed by atoms with Gasteiger partial charge in [0.15, 0.2) is 0 Å². The van der Waals surface area contributed by atoms with Crippen molar-refractivity contribution in [1.82, 2.24) is 4.90 Å². The van der Waals surface area contributed by atoms with Gasteiger partial charge in [0.05, 0.1) is 0 Å². The summed E-state index contributed by atoms with van der Waals surface area (Å²) in [7, 11) is 0. The lowest BCUT2D eigenvalue weighted by Crippen LogP contribution is -2.44. The molecule has 1 aliphatic rings. The summed E-state index contributed by atoms with van der Waals surface area (Å²) in [5.74, 6) is 0.778. The third-order valence-corrected chi connectivity index (χ3v) is 3.47. The largest absolute Gasteiger partial charge is 0.297 e. The Morgan fingerprint density at radius 2 is 1.69 bits per heavy atom. The lowest BCUT2D eigenvalue weighted by Gasteiger charge is -2.38. The summed E-state index contributed by atoms with van der Waals surface area (Å²) in [4.78, 5) is 2.67. The maximum atomic E-state index is 2.67. The molecule has 1 heteroatoms. The van der Waals surface area contributed by atoms with Gasteiger partial charge in [-0.25, -0.2) is 0 Å². The highest BCUT2D eigenvalue weighted by atomic mass is 15.2. The van der Waals surface area contributed by atoms with E-state index in [-0.39, 0.29) is 0 Å². The zero-order chi connectivity index (χ0) is 10.2. The van der Waals surface area contributed by atoms with Crippen molar-refractivity contribution >= 4 is 0 Å². The van der Waals surface area contributed by atoms with Gasteiger partial charge in [-0.1, -0.05) is 27.7 Å². The van der Waals surface area contributed by atoms with Crippen molar-refractivity contribution in [2.45, 2.75) is 60.0 Å². The van der Waals surface area contributed by atoms with Crippen LogP contribution in [0, 0.1) is 11.3 Å². The average molecular weight is 183 g/mol. The van der Waals surface area contributed by atoms with Crippen molar-refractivity contribution < 1.29 is 0 Å². The standard InChI is InChI=1S/C12H25N/c1-9(2)11-12(5,6)7-8-13(11)10(3)4/h9-11H,7-8H2,1-6H3. The van der Waals surface area contributed by atoms with E-state index in [0.29, 0.717) is 11.5 Å². The van der Waals surface area contributed by atoms with Gasteiger partial charge in [0.1, 0.15) is 0 Å². The molecule has 1 saturated heterocycles. The predicted octanol–water partition coefficient (Wildman–Crippen LogP) is 3.15. The maximum absolute atomic E-state index is 2.67. The van der Waals surface area contributed by atoms with Crippen molar-refractivity contribution in [2.75, 3.05) is 6.54 Å². The molecule has 0 bridgehead atoms. The normalized spacial score (nSPS) is 29.1. The second kappa shape index (κ2) is 3.61. The molecule has 0 aromatic rings. The minimum atomic E-state index is 0.512. The van der Waals surface area contributed by atoms with Crippen LogP contribution in [0.1, 0.15) is 48.0 Å².